The lowest BCUT2D eigenvalue weighted by Crippen LogP contribution is -2.40. The normalized spacial score (nSPS) is 15.6. The van der Waals surface area contributed by atoms with Gasteiger partial charge in [0, 0.05) is 13.6 Å². The summed E-state index contributed by atoms with van der Waals surface area (Å²) in [5, 5.41) is 0. The topological polar surface area (TPSA) is 76.1 Å². The highest BCUT2D eigenvalue weighted by molar-refractivity contribution is 5.92. The molecule has 4 aromatic rings. The van der Waals surface area contributed by atoms with Gasteiger partial charge in [-0.2, -0.15) is 0 Å². The van der Waals surface area contributed by atoms with Crippen LogP contribution in [0.3, 0.4) is 0 Å². The van der Waals surface area contributed by atoms with E-state index < -0.39 is 6.10 Å². The third-order valence-electron chi connectivity index (χ3n) is 6.71. The fourth-order valence-electron chi connectivity index (χ4n) is 4.91. The molecule has 2 amide bonds. The van der Waals surface area contributed by atoms with Crippen LogP contribution in [0.15, 0.2) is 88.1 Å². The minimum Gasteiger partial charge on any atom is -0.481 e. The third-order valence-corrected chi connectivity index (χ3v) is 6.71. The van der Waals surface area contributed by atoms with Crippen LogP contribution in [0.5, 0.6) is 5.75 Å². The van der Waals surface area contributed by atoms with Gasteiger partial charge in [0.25, 0.3) is 11.8 Å². The molecular formula is C30H30N2O5. The number of fused-ring (bicyclic) bond motifs is 1. The zero-order valence-corrected chi connectivity index (χ0v) is 21.2. The second-order valence-electron chi connectivity index (χ2n) is 9.44. The predicted molar refractivity (Wildman–Crippen MR) is 138 cm³/mol. The number of amides is 2. The first kappa shape index (κ1) is 24.4. The van der Waals surface area contributed by atoms with E-state index in [2.05, 4.69) is 6.07 Å². The number of nitrogens with zero attached hydrogens (tertiary/aromatic N) is 2. The molecule has 37 heavy (non-hydrogen) atoms. The molecule has 2 atom stereocenters. The van der Waals surface area contributed by atoms with Gasteiger partial charge in [-0.25, -0.2) is 0 Å². The van der Waals surface area contributed by atoms with Crippen LogP contribution in [0.4, 0.5) is 0 Å². The van der Waals surface area contributed by atoms with Crippen molar-refractivity contribution in [1.82, 2.24) is 9.80 Å². The highest BCUT2D eigenvalue weighted by atomic mass is 16.5. The quantitative estimate of drug-likeness (QED) is 0.341. The van der Waals surface area contributed by atoms with Crippen molar-refractivity contribution >= 4 is 11.8 Å². The lowest BCUT2D eigenvalue weighted by molar-refractivity contribution is -0.137. The minimum absolute atomic E-state index is 0.154. The van der Waals surface area contributed by atoms with Gasteiger partial charge >= 0.3 is 0 Å². The molecule has 0 unspecified atom stereocenters. The first-order valence-corrected chi connectivity index (χ1v) is 12.4. The van der Waals surface area contributed by atoms with Crippen LogP contribution in [0, 0.1) is 6.92 Å². The Balaban J connectivity index is 1.43. The molecule has 0 aliphatic carbocycles. The zero-order chi connectivity index (χ0) is 25.9. The Kier molecular flexibility index (Phi) is 6.86. The average Bonchev–Trinajstić information content (AvgIpc) is 3.62. The van der Waals surface area contributed by atoms with E-state index >= 15 is 0 Å². The van der Waals surface area contributed by atoms with E-state index in [9.17, 15) is 9.59 Å². The molecule has 0 radical (unpaired) electrons. The summed E-state index contributed by atoms with van der Waals surface area (Å²) in [7, 11) is 1.73. The summed E-state index contributed by atoms with van der Waals surface area (Å²) < 4.78 is 16.9. The number of furan rings is 2. The van der Waals surface area contributed by atoms with E-state index in [1.807, 2.05) is 54.3 Å². The standard InChI is InChI=1S/C30H30N2O5/c1-20-7-4-8-23(17-20)28-26-18-24(37-21(2)29(33)31(3)19-25-9-5-15-35-25)12-11-22(26)13-14-32(28)30(34)27-10-6-16-36-27/h4-12,15-18,21,28H,13-14,19H2,1-3H3/t21-,28-/m0/s1. The van der Waals surface area contributed by atoms with Crippen molar-refractivity contribution in [3.8, 4) is 5.75 Å². The number of rotatable bonds is 7. The Morgan fingerprint density at radius 1 is 1.05 bits per heavy atom. The van der Waals surface area contributed by atoms with Gasteiger partial charge in [0.05, 0.1) is 25.1 Å². The lowest BCUT2D eigenvalue weighted by Gasteiger charge is -2.37. The molecule has 5 rings (SSSR count). The Morgan fingerprint density at radius 2 is 1.86 bits per heavy atom. The van der Waals surface area contributed by atoms with Crippen molar-refractivity contribution in [2.24, 2.45) is 0 Å². The smallest absolute Gasteiger partial charge is 0.290 e. The summed E-state index contributed by atoms with van der Waals surface area (Å²) in [4.78, 5) is 29.8. The third kappa shape index (κ3) is 5.16. The molecular weight excluding hydrogens is 468 g/mol. The molecule has 1 aliphatic rings. The average molecular weight is 499 g/mol. The van der Waals surface area contributed by atoms with E-state index in [0.29, 0.717) is 36.8 Å². The Labute approximate surface area is 216 Å². The molecule has 0 N–H and O–H groups in total. The SMILES string of the molecule is Cc1cccc([C@H]2c3cc(O[C@@H](C)C(=O)N(C)Cc4ccco4)ccc3CCN2C(=O)c2ccco2)c1. The fraction of sp³-hybridized carbons (Fsp3) is 0.267. The van der Waals surface area contributed by atoms with Crippen LogP contribution in [0.1, 0.15) is 51.5 Å². The molecule has 190 valence electrons. The lowest BCUT2D eigenvalue weighted by atomic mass is 9.87. The van der Waals surface area contributed by atoms with Crippen molar-refractivity contribution in [2.45, 2.75) is 39.0 Å². The first-order chi connectivity index (χ1) is 17.9. The Bertz CT molecular complexity index is 1380. The van der Waals surface area contributed by atoms with Crippen LogP contribution in [-0.4, -0.2) is 41.3 Å². The van der Waals surface area contributed by atoms with Crippen molar-refractivity contribution < 1.29 is 23.2 Å². The minimum atomic E-state index is -0.695. The van der Waals surface area contributed by atoms with Gasteiger partial charge in [-0.1, -0.05) is 35.9 Å². The molecule has 7 heteroatoms. The number of carbonyl (C=O) groups excluding carboxylic acids is 2. The Hall–Kier alpha value is -4.26. The summed E-state index contributed by atoms with van der Waals surface area (Å²) >= 11 is 0. The van der Waals surface area contributed by atoms with Gasteiger partial charge in [0.1, 0.15) is 11.5 Å². The van der Waals surface area contributed by atoms with Gasteiger partial charge < -0.3 is 23.4 Å². The maximum absolute atomic E-state index is 13.4. The summed E-state index contributed by atoms with van der Waals surface area (Å²) in [5.41, 5.74) is 4.26. The number of likely N-dealkylation sites (N-methyl/N-ethyl adjacent to an activating group) is 1. The molecule has 0 bridgehead atoms. The molecule has 0 spiro atoms. The molecule has 0 fully saturated rings. The number of benzene rings is 2. The summed E-state index contributed by atoms with van der Waals surface area (Å²) in [6.07, 6.45) is 3.12. The van der Waals surface area contributed by atoms with E-state index in [1.165, 1.54) is 6.26 Å². The van der Waals surface area contributed by atoms with Crippen LogP contribution in [-0.2, 0) is 17.8 Å². The monoisotopic (exact) mass is 498 g/mol. The van der Waals surface area contributed by atoms with Crippen LogP contribution in [0.25, 0.3) is 0 Å². The van der Waals surface area contributed by atoms with Crippen LogP contribution < -0.4 is 4.74 Å². The first-order valence-electron chi connectivity index (χ1n) is 12.4. The van der Waals surface area contributed by atoms with E-state index in [0.717, 1.165) is 22.3 Å². The van der Waals surface area contributed by atoms with Gasteiger partial charge in [0.2, 0.25) is 0 Å². The zero-order valence-electron chi connectivity index (χ0n) is 21.2. The Morgan fingerprint density at radius 3 is 2.59 bits per heavy atom. The molecule has 1 aliphatic heterocycles. The summed E-state index contributed by atoms with van der Waals surface area (Å²) in [6, 6.07) is 20.8. The number of hydrogen-bond donors (Lipinski definition) is 0. The maximum Gasteiger partial charge on any atom is 0.290 e. The van der Waals surface area contributed by atoms with Gasteiger partial charge in [-0.15, -0.1) is 0 Å². The van der Waals surface area contributed by atoms with Gasteiger partial charge in [-0.3, -0.25) is 9.59 Å². The molecule has 2 aromatic heterocycles. The predicted octanol–water partition coefficient (Wildman–Crippen LogP) is 5.39. The van der Waals surface area contributed by atoms with Crippen LogP contribution >= 0.6 is 0 Å². The second-order valence-corrected chi connectivity index (χ2v) is 9.44. The number of aryl methyl sites for hydroxylation is 1. The molecule has 0 saturated heterocycles. The van der Waals surface area contributed by atoms with Crippen molar-refractivity contribution in [3.05, 3.63) is 113 Å². The van der Waals surface area contributed by atoms with Crippen molar-refractivity contribution in [1.29, 1.82) is 0 Å². The summed E-state index contributed by atoms with van der Waals surface area (Å²) in [5.74, 6) is 1.29. The highest BCUT2D eigenvalue weighted by Crippen LogP contribution is 2.38. The summed E-state index contributed by atoms with van der Waals surface area (Å²) in [6.45, 7) is 4.71. The molecule has 0 saturated carbocycles. The largest absolute Gasteiger partial charge is 0.481 e. The van der Waals surface area contributed by atoms with E-state index in [1.54, 1.807) is 43.3 Å². The van der Waals surface area contributed by atoms with E-state index in [-0.39, 0.29) is 17.9 Å². The number of carbonyl (C=O) groups is 2. The highest BCUT2D eigenvalue weighted by Gasteiger charge is 2.34. The molecule has 7 nitrogen and oxygen atoms in total. The second kappa shape index (κ2) is 10.4. The molecule has 3 heterocycles. The van der Waals surface area contributed by atoms with Gasteiger partial charge in [0.15, 0.2) is 11.9 Å². The number of hydrogen-bond acceptors (Lipinski definition) is 5. The maximum atomic E-state index is 13.4. The number of ether oxygens (including phenoxy) is 1. The van der Waals surface area contributed by atoms with Crippen LogP contribution in [0.2, 0.25) is 0 Å². The van der Waals surface area contributed by atoms with Gasteiger partial charge in [-0.05, 0) is 73.4 Å². The molecule has 2 aromatic carbocycles. The van der Waals surface area contributed by atoms with E-state index in [4.69, 9.17) is 13.6 Å². The van der Waals surface area contributed by atoms with Crippen molar-refractivity contribution in [3.63, 3.8) is 0 Å². The van der Waals surface area contributed by atoms with Crippen molar-refractivity contribution in [2.75, 3.05) is 13.6 Å². The fourth-order valence-corrected chi connectivity index (χ4v) is 4.91.